The van der Waals surface area contributed by atoms with Crippen molar-refractivity contribution in [2.24, 2.45) is 0 Å². The van der Waals surface area contributed by atoms with Gasteiger partial charge in [-0.3, -0.25) is 19.3 Å². The summed E-state index contributed by atoms with van der Waals surface area (Å²) in [5.74, 6) is 0.653. The average Bonchev–Trinajstić information content (AvgIpc) is 3.05. The van der Waals surface area contributed by atoms with Gasteiger partial charge in [-0.05, 0) is 51.1 Å². The number of hydrogen-bond acceptors (Lipinski definition) is 5. The first-order valence-corrected chi connectivity index (χ1v) is 9.76. The van der Waals surface area contributed by atoms with Gasteiger partial charge < -0.3 is 9.73 Å². The fourth-order valence-corrected chi connectivity index (χ4v) is 3.87. The molecule has 1 fully saturated rings. The van der Waals surface area contributed by atoms with Gasteiger partial charge in [-0.25, -0.2) is 0 Å². The average molecular weight is 398 g/mol. The van der Waals surface area contributed by atoms with E-state index >= 15 is 0 Å². The van der Waals surface area contributed by atoms with Crippen molar-refractivity contribution in [2.45, 2.75) is 27.7 Å². The number of nitrogens with one attached hydrogen (secondary N) is 1. The van der Waals surface area contributed by atoms with E-state index in [9.17, 15) is 14.4 Å². The molecule has 0 atom stereocenters. The van der Waals surface area contributed by atoms with E-state index in [1.165, 1.54) is 0 Å². The molecule has 1 N–H and O–H groups in total. The van der Waals surface area contributed by atoms with E-state index in [1.54, 1.807) is 19.9 Å². The number of imide groups is 1. The highest BCUT2D eigenvalue weighted by atomic mass is 32.2. The zero-order chi connectivity index (χ0) is 20.4. The molecule has 0 saturated carbocycles. The standard InChI is InChI=1S/C21H22N2O4S/c1-12-5-7-16(8-6-12)11-17-20(25)23(21(26)28-17)10-9-22-19(24)18-13(2)14(3)27-15(18)4/h5-8,11H,9-10H2,1-4H3,(H,22,24)/b17-11-. The lowest BCUT2D eigenvalue weighted by Crippen LogP contribution is -2.37. The fraction of sp³-hybridized carbons (Fsp3) is 0.286. The summed E-state index contributed by atoms with van der Waals surface area (Å²) in [6, 6.07) is 7.71. The number of nitrogens with zero attached hydrogens (tertiary/aromatic N) is 1. The van der Waals surface area contributed by atoms with Crippen LogP contribution in [0, 0.1) is 27.7 Å². The molecule has 3 amide bonds. The van der Waals surface area contributed by atoms with E-state index in [4.69, 9.17) is 4.42 Å². The Bertz CT molecular complexity index is 973. The van der Waals surface area contributed by atoms with Crippen molar-refractivity contribution in [2.75, 3.05) is 13.1 Å². The van der Waals surface area contributed by atoms with Crippen LogP contribution in [-0.4, -0.2) is 35.0 Å². The zero-order valence-electron chi connectivity index (χ0n) is 16.3. The third kappa shape index (κ3) is 4.04. The van der Waals surface area contributed by atoms with Crippen LogP contribution in [0.3, 0.4) is 0 Å². The molecule has 2 aromatic rings. The monoisotopic (exact) mass is 398 g/mol. The predicted molar refractivity (Wildman–Crippen MR) is 109 cm³/mol. The maximum atomic E-state index is 12.5. The Hall–Kier alpha value is -2.80. The first-order chi connectivity index (χ1) is 13.3. The van der Waals surface area contributed by atoms with Gasteiger partial charge in [-0.1, -0.05) is 29.8 Å². The lowest BCUT2D eigenvalue weighted by Gasteiger charge is -2.13. The number of benzene rings is 1. The number of thioether (sulfide) groups is 1. The number of hydrogen-bond donors (Lipinski definition) is 1. The molecule has 2 heterocycles. The van der Waals surface area contributed by atoms with Gasteiger partial charge in [0.05, 0.1) is 10.5 Å². The Labute approximate surface area is 168 Å². The molecule has 28 heavy (non-hydrogen) atoms. The summed E-state index contributed by atoms with van der Waals surface area (Å²) < 4.78 is 5.47. The van der Waals surface area contributed by atoms with Crippen LogP contribution < -0.4 is 5.32 Å². The Balaban J connectivity index is 1.62. The molecule has 3 rings (SSSR count). The molecule has 6 nitrogen and oxygen atoms in total. The summed E-state index contributed by atoms with van der Waals surface area (Å²) in [4.78, 5) is 38.7. The van der Waals surface area contributed by atoms with Crippen molar-refractivity contribution in [3.05, 3.63) is 62.9 Å². The Kier molecular flexibility index (Phi) is 5.74. The molecule has 0 radical (unpaired) electrons. The number of furan rings is 1. The van der Waals surface area contributed by atoms with Crippen molar-refractivity contribution in [1.82, 2.24) is 10.2 Å². The van der Waals surface area contributed by atoms with Crippen LogP contribution in [-0.2, 0) is 4.79 Å². The van der Waals surface area contributed by atoms with E-state index < -0.39 is 0 Å². The van der Waals surface area contributed by atoms with Gasteiger partial charge in [0.25, 0.3) is 17.1 Å². The van der Waals surface area contributed by atoms with Crippen molar-refractivity contribution < 1.29 is 18.8 Å². The molecule has 1 aromatic heterocycles. The van der Waals surface area contributed by atoms with Gasteiger partial charge in [0.2, 0.25) is 0 Å². The maximum Gasteiger partial charge on any atom is 0.293 e. The van der Waals surface area contributed by atoms with Crippen molar-refractivity contribution in [1.29, 1.82) is 0 Å². The molecular formula is C21H22N2O4S. The molecule has 146 valence electrons. The van der Waals surface area contributed by atoms with E-state index in [0.717, 1.165) is 33.4 Å². The Morgan fingerprint density at radius 3 is 2.39 bits per heavy atom. The van der Waals surface area contributed by atoms with Crippen LogP contribution in [0.1, 0.15) is 38.6 Å². The maximum absolute atomic E-state index is 12.5. The van der Waals surface area contributed by atoms with Gasteiger partial charge in [-0.2, -0.15) is 0 Å². The first-order valence-electron chi connectivity index (χ1n) is 8.94. The molecule has 1 aliphatic rings. The normalized spacial score (nSPS) is 15.6. The zero-order valence-corrected chi connectivity index (χ0v) is 17.1. The van der Waals surface area contributed by atoms with Crippen molar-refractivity contribution in [3.8, 4) is 0 Å². The van der Waals surface area contributed by atoms with Gasteiger partial charge in [0.1, 0.15) is 11.5 Å². The SMILES string of the molecule is Cc1ccc(/C=C2\SC(=O)N(CCNC(=O)c3c(C)oc(C)c3C)C2=O)cc1. The number of carbonyl (C=O) groups excluding carboxylic acids is 3. The summed E-state index contributed by atoms with van der Waals surface area (Å²) in [5, 5.41) is 2.43. The minimum absolute atomic E-state index is 0.122. The minimum Gasteiger partial charge on any atom is -0.466 e. The summed E-state index contributed by atoms with van der Waals surface area (Å²) >= 11 is 0.915. The smallest absolute Gasteiger partial charge is 0.293 e. The van der Waals surface area contributed by atoms with Crippen LogP contribution in [0.25, 0.3) is 6.08 Å². The topological polar surface area (TPSA) is 79.6 Å². The first kappa shape index (κ1) is 19.9. The second kappa shape index (κ2) is 8.06. The molecule has 1 aromatic carbocycles. The lowest BCUT2D eigenvalue weighted by molar-refractivity contribution is -0.122. The molecule has 0 aliphatic carbocycles. The molecule has 1 aliphatic heterocycles. The summed E-state index contributed by atoms with van der Waals surface area (Å²) in [6.07, 6.45) is 1.71. The molecule has 1 saturated heterocycles. The highest BCUT2D eigenvalue weighted by Crippen LogP contribution is 2.32. The molecule has 0 bridgehead atoms. The Morgan fingerprint density at radius 2 is 1.79 bits per heavy atom. The quantitative estimate of drug-likeness (QED) is 0.771. The number of rotatable bonds is 5. The third-order valence-corrected chi connectivity index (χ3v) is 5.57. The number of aryl methyl sites for hydroxylation is 3. The van der Waals surface area contributed by atoms with Crippen molar-refractivity contribution in [3.63, 3.8) is 0 Å². The number of amides is 3. The summed E-state index contributed by atoms with van der Waals surface area (Å²) in [5.41, 5.74) is 3.29. The molecular weight excluding hydrogens is 376 g/mol. The highest BCUT2D eigenvalue weighted by Gasteiger charge is 2.34. The lowest BCUT2D eigenvalue weighted by atomic mass is 10.1. The Morgan fingerprint density at radius 1 is 1.11 bits per heavy atom. The van der Waals surface area contributed by atoms with E-state index in [1.807, 2.05) is 38.1 Å². The van der Waals surface area contributed by atoms with Crippen LogP contribution in [0.5, 0.6) is 0 Å². The van der Waals surface area contributed by atoms with Gasteiger partial charge in [0, 0.05) is 18.7 Å². The van der Waals surface area contributed by atoms with Gasteiger partial charge in [-0.15, -0.1) is 0 Å². The predicted octanol–water partition coefficient (Wildman–Crippen LogP) is 3.98. The van der Waals surface area contributed by atoms with E-state index in [2.05, 4.69) is 5.32 Å². The van der Waals surface area contributed by atoms with E-state index in [-0.39, 0.29) is 30.1 Å². The molecule has 0 unspecified atom stereocenters. The number of carbonyl (C=O) groups is 3. The van der Waals surface area contributed by atoms with Gasteiger partial charge in [0.15, 0.2) is 0 Å². The third-order valence-electron chi connectivity index (χ3n) is 4.66. The van der Waals surface area contributed by atoms with Crippen LogP contribution >= 0.6 is 11.8 Å². The second-order valence-corrected chi connectivity index (χ2v) is 7.71. The van der Waals surface area contributed by atoms with E-state index in [0.29, 0.717) is 22.0 Å². The van der Waals surface area contributed by atoms with Gasteiger partial charge >= 0.3 is 0 Å². The largest absolute Gasteiger partial charge is 0.466 e. The van der Waals surface area contributed by atoms with Crippen molar-refractivity contribution >= 4 is 34.9 Å². The summed E-state index contributed by atoms with van der Waals surface area (Å²) in [7, 11) is 0. The second-order valence-electron chi connectivity index (χ2n) is 6.71. The highest BCUT2D eigenvalue weighted by molar-refractivity contribution is 8.18. The van der Waals surface area contributed by atoms with Crippen LogP contribution in [0.2, 0.25) is 0 Å². The summed E-state index contributed by atoms with van der Waals surface area (Å²) in [6.45, 7) is 7.66. The fourth-order valence-electron chi connectivity index (χ4n) is 3.00. The molecule has 0 spiro atoms. The van der Waals surface area contributed by atoms with Crippen LogP contribution in [0.15, 0.2) is 33.6 Å². The molecule has 7 heteroatoms. The van der Waals surface area contributed by atoms with Crippen LogP contribution in [0.4, 0.5) is 4.79 Å². The minimum atomic E-state index is -0.337.